The number of rotatable bonds is 6. The van der Waals surface area contributed by atoms with Crippen LogP contribution in [0.15, 0.2) is 29.6 Å². The summed E-state index contributed by atoms with van der Waals surface area (Å²) in [5.74, 6) is -0.725. The molecule has 0 aliphatic carbocycles. The van der Waals surface area contributed by atoms with Crippen LogP contribution in [-0.4, -0.2) is 30.1 Å². The molecule has 1 aliphatic heterocycles. The molecule has 9 heteroatoms. The first kappa shape index (κ1) is 18.4. The molecule has 1 unspecified atom stereocenters. The van der Waals surface area contributed by atoms with Crippen LogP contribution < -0.4 is 10.6 Å². The summed E-state index contributed by atoms with van der Waals surface area (Å²) in [5.41, 5.74) is 0.628. The maximum absolute atomic E-state index is 12.3. The summed E-state index contributed by atoms with van der Waals surface area (Å²) in [7, 11) is 0. The number of halogens is 2. The molecule has 0 aromatic heterocycles. The standard InChI is InChI=1S/C15H17Cl2N3O4/c1-2-24-15(21)13(14(20(22)23)12-4-3-7-18-12)19-9-5-6-10(16)11(17)8-9/h5-6,8,13,18-19H,2-4,7H2,1H3/b14-12-. The predicted octanol–water partition coefficient (Wildman–Crippen LogP) is 3.21. The van der Waals surface area contributed by atoms with Gasteiger partial charge in [-0.3, -0.25) is 10.1 Å². The molecule has 1 aliphatic rings. The molecule has 1 heterocycles. The number of nitrogens with zero attached hydrogens (tertiary/aromatic N) is 1. The number of esters is 1. The number of nitro groups is 1. The Balaban J connectivity index is 2.39. The maximum Gasteiger partial charge on any atom is 0.340 e. The van der Waals surface area contributed by atoms with Crippen molar-refractivity contribution in [2.24, 2.45) is 0 Å². The fraction of sp³-hybridized carbons (Fsp3) is 0.400. The molecule has 0 bridgehead atoms. The summed E-state index contributed by atoms with van der Waals surface area (Å²) >= 11 is 11.8. The Morgan fingerprint density at radius 1 is 1.46 bits per heavy atom. The fourth-order valence-corrected chi connectivity index (χ4v) is 2.72. The minimum absolute atomic E-state index is 0.117. The Morgan fingerprint density at radius 3 is 2.75 bits per heavy atom. The Morgan fingerprint density at radius 2 is 2.21 bits per heavy atom. The third-order valence-corrected chi connectivity index (χ3v) is 4.21. The van der Waals surface area contributed by atoms with Crippen LogP contribution in [0.1, 0.15) is 19.8 Å². The SMILES string of the molecule is CCOC(=O)C(Nc1ccc(Cl)c(Cl)c1)/C(=C1\CCCN1)[N+](=O)[O-]. The van der Waals surface area contributed by atoms with E-state index in [4.69, 9.17) is 27.9 Å². The zero-order valence-electron chi connectivity index (χ0n) is 13.0. The van der Waals surface area contributed by atoms with Gasteiger partial charge < -0.3 is 15.4 Å². The zero-order chi connectivity index (χ0) is 17.7. The van der Waals surface area contributed by atoms with E-state index in [2.05, 4.69) is 10.6 Å². The number of allylic oxidation sites excluding steroid dienone is 1. The lowest BCUT2D eigenvalue weighted by Gasteiger charge is -2.18. The molecule has 1 atom stereocenters. The molecule has 24 heavy (non-hydrogen) atoms. The van der Waals surface area contributed by atoms with Gasteiger partial charge in [-0.15, -0.1) is 0 Å². The Kier molecular flexibility index (Phi) is 6.28. The number of benzene rings is 1. The van der Waals surface area contributed by atoms with Crippen LogP contribution in [0.3, 0.4) is 0 Å². The molecule has 0 amide bonds. The van der Waals surface area contributed by atoms with Gasteiger partial charge in [-0.25, -0.2) is 4.79 Å². The van der Waals surface area contributed by atoms with Crippen molar-refractivity contribution in [1.29, 1.82) is 0 Å². The van der Waals surface area contributed by atoms with Gasteiger partial charge in [-0.2, -0.15) is 0 Å². The maximum atomic E-state index is 12.3. The van der Waals surface area contributed by atoms with Crippen LogP contribution in [0.25, 0.3) is 0 Å². The van der Waals surface area contributed by atoms with Crippen LogP contribution in [0.5, 0.6) is 0 Å². The van der Waals surface area contributed by atoms with Gasteiger partial charge in [0.15, 0.2) is 0 Å². The first-order valence-corrected chi connectivity index (χ1v) is 8.19. The number of anilines is 1. The molecule has 0 radical (unpaired) electrons. The molecule has 7 nitrogen and oxygen atoms in total. The third-order valence-electron chi connectivity index (χ3n) is 3.47. The minimum atomic E-state index is -1.25. The minimum Gasteiger partial charge on any atom is -0.464 e. The van der Waals surface area contributed by atoms with E-state index in [1.165, 1.54) is 6.07 Å². The van der Waals surface area contributed by atoms with Crippen molar-refractivity contribution < 1.29 is 14.5 Å². The van der Waals surface area contributed by atoms with Crippen LogP contribution in [0, 0.1) is 10.1 Å². The lowest BCUT2D eigenvalue weighted by molar-refractivity contribution is -0.429. The number of nitrogens with one attached hydrogen (secondary N) is 2. The number of ether oxygens (including phenoxy) is 1. The summed E-state index contributed by atoms with van der Waals surface area (Å²) in [6.45, 7) is 2.39. The van der Waals surface area contributed by atoms with Crippen LogP contribution in [-0.2, 0) is 9.53 Å². The molecule has 1 fully saturated rings. The Bertz CT molecular complexity index is 671. The molecule has 0 spiro atoms. The molecule has 2 N–H and O–H groups in total. The summed E-state index contributed by atoms with van der Waals surface area (Å²) in [4.78, 5) is 23.3. The molecule has 1 aromatic carbocycles. The van der Waals surface area contributed by atoms with Gasteiger partial charge in [0.2, 0.25) is 6.04 Å². The van der Waals surface area contributed by atoms with Crippen molar-refractivity contribution >= 4 is 34.9 Å². The van der Waals surface area contributed by atoms with E-state index >= 15 is 0 Å². The molecule has 130 valence electrons. The summed E-state index contributed by atoms with van der Waals surface area (Å²) in [6.07, 6.45) is 1.28. The van der Waals surface area contributed by atoms with Crippen LogP contribution in [0.2, 0.25) is 10.0 Å². The first-order chi connectivity index (χ1) is 11.4. The highest BCUT2D eigenvalue weighted by atomic mass is 35.5. The lowest BCUT2D eigenvalue weighted by Crippen LogP contribution is -2.38. The van der Waals surface area contributed by atoms with Gasteiger partial charge in [-0.1, -0.05) is 23.2 Å². The van der Waals surface area contributed by atoms with Crippen LogP contribution >= 0.6 is 23.2 Å². The van der Waals surface area contributed by atoms with E-state index in [1.807, 2.05) is 0 Å². The summed E-state index contributed by atoms with van der Waals surface area (Å²) in [5, 5.41) is 18.0. The Hall–Kier alpha value is -1.99. The highest BCUT2D eigenvalue weighted by Gasteiger charge is 2.37. The van der Waals surface area contributed by atoms with Gasteiger partial charge in [0.25, 0.3) is 5.70 Å². The number of hydrogen-bond donors (Lipinski definition) is 2. The van der Waals surface area contributed by atoms with Crippen molar-refractivity contribution in [3.05, 3.63) is 49.8 Å². The van der Waals surface area contributed by atoms with Gasteiger partial charge in [-0.05, 0) is 38.0 Å². The second-order valence-corrected chi connectivity index (χ2v) is 5.92. The van der Waals surface area contributed by atoms with Gasteiger partial charge in [0, 0.05) is 12.2 Å². The number of carbonyl (C=O) groups is 1. The van der Waals surface area contributed by atoms with Gasteiger partial charge in [0.1, 0.15) is 0 Å². The predicted molar refractivity (Wildman–Crippen MR) is 91.8 cm³/mol. The van der Waals surface area contributed by atoms with Crippen molar-refractivity contribution in [3.63, 3.8) is 0 Å². The van der Waals surface area contributed by atoms with Crippen molar-refractivity contribution in [3.8, 4) is 0 Å². The average Bonchev–Trinajstić information content (AvgIpc) is 3.04. The quantitative estimate of drug-likeness (QED) is 0.451. The van der Waals surface area contributed by atoms with E-state index in [0.29, 0.717) is 29.4 Å². The largest absolute Gasteiger partial charge is 0.464 e. The summed E-state index contributed by atoms with van der Waals surface area (Å²) < 4.78 is 4.99. The Labute approximate surface area is 149 Å². The molecule has 1 aromatic rings. The normalized spacial score (nSPS) is 17.0. The second kappa shape index (κ2) is 8.21. The third kappa shape index (κ3) is 4.30. The molecule has 1 saturated heterocycles. The molecular formula is C15H17Cl2N3O4. The summed E-state index contributed by atoms with van der Waals surface area (Å²) in [6, 6.07) is 3.38. The molecular weight excluding hydrogens is 357 g/mol. The van der Waals surface area contributed by atoms with Gasteiger partial charge in [0.05, 0.1) is 27.3 Å². The number of carbonyl (C=O) groups excluding carboxylic acids is 1. The van der Waals surface area contributed by atoms with E-state index in [9.17, 15) is 14.9 Å². The molecule has 2 rings (SSSR count). The van der Waals surface area contributed by atoms with E-state index in [1.54, 1.807) is 19.1 Å². The van der Waals surface area contributed by atoms with E-state index < -0.39 is 16.9 Å². The second-order valence-electron chi connectivity index (χ2n) is 5.11. The van der Waals surface area contributed by atoms with E-state index in [0.717, 1.165) is 6.42 Å². The number of hydrogen-bond acceptors (Lipinski definition) is 6. The highest BCUT2D eigenvalue weighted by molar-refractivity contribution is 6.42. The fourth-order valence-electron chi connectivity index (χ4n) is 2.42. The van der Waals surface area contributed by atoms with Crippen molar-refractivity contribution in [2.75, 3.05) is 18.5 Å². The molecule has 0 saturated carbocycles. The van der Waals surface area contributed by atoms with Crippen LogP contribution in [0.4, 0.5) is 5.69 Å². The zero-order valence-corrected chi connectivity index (χ0v) is 14.5. The average molecular weight is 374 g/mol. The first-order valence-electron chi connectivity index (χ1n) is 7.43. The monoisotopic (exact) mass is 373 g/mol. The van der Waals surface area contributed by atoms with Crippen molar-refractivity contribution in [2.45, 2.75) is 25.8 Å². The van der Waals surface area contributed by atoms with Crippen molar-refractivity contribution in [1.82, 2.24) is 5.32 Å². The highest BCUT2D eigenvalue weighted by Crippen LogP contribution is 2.27. The van der Waals surface area contributed by atoms with E-state index in [-0.39, 0.29) is 17.3 Å². The smallest absolute Gasteiger partial charge is 0.340 e. The topological polar surface area (TPSA) is 93.5 Å². The lowest BCUT2D eigenvalue weighted by atomic mass is 10.1. The van der Waals surface area contributed by atoms with Gasteiger partial charge >= 0.3 is 5.97 Å².